The third-order valence-corrected chi connectivity index (χ3v) is 4.94. The molecule has 1 saturated carbocycles. The van der Waals surface area contributed by atoms with Crippen LogP contribution in [-0.4, -0.2) is 23.4 Å². The van der Waals surface area contributed by atoms with E-state index >= 15 is 0 Å². The van der Waals surface area contributed by atoms with E-state index in [2.05, 4.69) is 5.32 Å². The van der Waals surface area contributed by atoms with Crippen molar-refractivity contribution in [3.63, 3.8) is 0 Å². The van der Waals surface area contributed by atoms with Crippen molar-refractivity contribution in [1.82, 2.24) is 5.32 Å². The number of nitrogens with one attached hydrogen (secondary N) is 1. The van der Waals surface area contributed by atoms with Gasteiger partial charge in [0, 0.05) is 29.0 Å². The summed E-state index contributed by atoms with van der Waals surface area (Å²) in [6.07, 6.45) is 5.80. The highest BCUT2D eigenvalue weighted by atomic mass is 35.5. The third kappa shape index (κ3) is 3.26. The van der Waals surface area contributed by atoms with Gasteiger partial charge in [-0.25, -0.2) is 0 Å². The minimum Gasteiger partial charge on any atom is -0.508 e. The van der Waals surface area contributed by atoms with Crippen LogP contribution in [0.4, 0.5) is 0 Å². The Kier molecular flexibility index (Phi) is 4.92. The second-order valence-corrected chi connectivity index (χ2v) is 6.09. The number of carbonyl (C=O) groups excluding carboxylic acids is 1. The topological polar surface area (TPSA) is 49.3 Å². The minimum absolute atomic E-state index is 0.0419. The molecular formula is C16H22ClNO2. The van der Waals surface area contributed by atoms with Crippen molar-refractivity contribution < 1.29 is 9.90 Å². The van der Waals surface area contributed by atoms with E-state index in [0.29, 0.717) is 23.6 Å². The van der Waals surface area contributed by atoms with Crippen LogP contribution in [0.3, 0.4) is 0 Å². The van der Waals surface area contributed by atoms with Crippen LogP contribution in [0, 0.1) is 12.3 Å². The van der Waals surface area contributed by atoms with Crippen LogP contribution < -0.4 is 5.32 Å². The van der Waals surface area contributed by atoms with E-state index in [1.807, 2.05) is 0 Å². The molecule has 20 heavy (non-hydrogen) atoms. The lowest BCUT2D eigenvalue weighted by atomic mass is 9.75. The fourth-order valence-corrected chi connectivity index (χ4v) is 3.25. The molecule has 1 aliphatic carbocycles. The highest BCUT2D eigenvalue weighted by Crippen LogP contribution is 2.36. The average Bonchev–Trinajstić information content (AvgIpc) is 2.48. The molecule has 0 unspecified atom stereocenters. The van der Waals surface area contributed by atoms with Crippen molar-refractivity contribution in [2.45, 2.75) is 39.0 Å². The monoisotopic (exact) mass is 295 g/mol. The summed E-state index contributed by atoms with van der Waals surface area (Å²) >= 11 is 6.13. The Hall–Kier alpha value is -1.22. The highest BCUT2D eigenvalue weighted by molar-refractivity contribution is 6.18. The Balaban J connectivity index is 2.02. The van der Waals surface area contributed by atoms with Crippen molar-refractivity contribution in [3.05, 3.63) is 29.3 Å². The molecule has 0 spiro atoms. The van der Waals surface area contributed by atoms with Crippen LogP contribution in [0.25, 0.3) is 0 Å². The predicted molar refractivity (Wildman–Crippen MR) is 81.4 cm³/mol. The molecule has 0 aliphatic heterocycles. The lowest BCUT2D eigenvalue weighted by Gasteiger charge is -2.35. The van der Waals surface area contributed by atoms with E-state index in [4.69, 9.17) is 11.6 Å². The summed E-state index contributed by atoms with van der Waals surface area (Å²) in [7, 11) is 0. The standard InChI is InChI=1S/C16H22ClNO2/c1-12-13(6-5-7-14(12)19)15(20)18-11-16(10-17)8-3-2-4-9-16/h5-7,19H,2-4,8-11H2,1H3,(H,18,20). The van der Waals surface area contributed by atoms with Crippen molar-refractivity contribution in [3.8, 4) is 5.75 Å². The van der Waals surface area contributed by atoms with Crippen molar-refractivity contribution >= 4 is 17.5 Å². The highest BCUT2D eigenvalue weighted by Gasteiger charge is 2.31. The summed E-state index contributed by atoms with van der Waals surface area (Å²) in [6.45, 7) is 2.37. The van der Waals surface area contributed by atoms with Crippen molar-refractivity contribution in [2.75, 3.05) is 12.4 Å². The third-order valence-electron chi connectivity index (χ3n) is 4.37. The van der Waals surface area contributed by atoms with Gasteiger partial charge in [0.25, 0.3) is 5.91 Å². The molecule has 1 amide bonds. The normalized spacial score (nSPS) is 17.7. The van der Waals surface area contributed by atoms with Gasteiger partial charge < -0.3 is 10.4 Å². The molecule has 1 aromatic carbocycles. The van der Waals surface area contributed by atoms with Gasteiger partial charge in [0.05, 0.1) is 0 Å². The number of aromatic hydroxyl groups is 1. The van der Waals surface area contributed by atoms with Gasteiger partial charge in [0.1, 0.15) is 5.75 Å². The lowest BCUT2D eigenvalue weighted by molar-refractivity contribution is 0.0920. The molecule has 1 aliphatic rings. The lowest BCUT2D eigenvalue weighted by Crippen LogP contribution is -2.40. The Morgan fingerprint density at radius 2 is 2.05 bits per heavy atom. The average molecular weight is 296 g/mol. The zero-order valence-corrected chi connectivity index (χ0v) is 12.7. The maximum absolute atomic E-state index is 12.3. The molecule has 2 N–H and O–H groups in total. The molecule has 0 bridgehead atoms. The first-order valence-corrected chi connectivity index (χ1v) is 7.74. The van der Waals surface area contributed by atoms with Crippen molar-refractivity contribution in [1.29, 1.82) is 0 Å². The summed E-state index contributed by atoms with van der Waals surface area (Å²) in [5.41, 5.74) is 1.19. The van der Waals surface area contributed by atoms with Crippen molar-refractivity contribution in [2.24, 2.45) is 5.41 Å². The van der Waals surface area contributed by atoms with E-state index in [9.17, 15) is 9.90 Å². The summed E-state index contributed by atoms with van der Waals surface area (Å²) in [5.74, 6) is 0.614. The smallest absolute Gasteiger partial charge is 0.251 e. The quantitative estimate of drug-likeness (QED) is 0.834. The number of carbonyl (C=O) groups is 1. The zero-order chi connectivity index (χ0) is 14.6. The Labute approximate surface area is 125 Å². The maximum Gasteiger partial charge on any atom is 0.251 e. The molecular weight excluding hydrogens is 274 g/mol. The molecule has 0 radical (unpaired) electrons. The SMILES string of the molecule is Cc1c(O)cccc1C(=O)NCC1(CCl)CCCCC1. The van der Waals surface area contributed by atoms with Crippen LogP contribution in [0.15, 0.2) is 18.2 Å². The number of hydrogen-bond donors (Lipinski definition) is 2. The first-order valence-electron chi connectivity index (χ1n) is 7.21. The number of phenolic OH excluding ortho intramolecular Hbond substituents is 1. The molecule has 0 heterocycles. The summed E-state index contributed by atoms with van der Waals surface area (Å²) < 4.78 is 0. The molecule has 2 rings (SSSR count). The van der Waals surface area contributed by atoms with Crippen LogP contribution in [-0.2, 0) is 0 Å². The number of rotatable bonds is 4. The number of benzene rings is 1. The molecule has 0 atom stereocenters. The van der Waals surface area contributed by atoms with Crippen LogP contribution in [0.1, 0.15) is 48.0 Å². The number of phenols is 1. The van der Waals surface area contributed by atoms with Gasteiger partial charge in [-0.3, -0.25) is 4.79 Å². The van der Waals surface area contributed by atoms with E-state index in [0.717, 1.165) is 12.8 Å². The molecule has 1 aromatic rings. The minimum atomic E-state index is -0.131. The molecule has 110 valence electrons. The molecule has 0 aromatic heterocycles. The Morgan fingerprint density at radius 3 is 2.70 bits per heavy atom. The number of alkyl halides is 1. The zero-order valence-electron chi connectivity index (χ0n) is 11.9. The van der Waals surface area contributed by atoms with E-state index in [1.54, 1.807) is 25.1 Å². The summed E-state index contributed by atoms with van der Waals surface area (Å²) in [5, 5.41) is 12.7. The van der Waals surface area contributed by atoms with Crippen LogP contribution in [0.2, 0.25) is 0 Å². The predicted octanol–water partition coefficient (Wildman–Crippen LogP) is 3.62. The van der Waals surface area contributed by atoms with E-state index in [1.165, 1.54) is 19.3 Å². The number of hydrogen-bond acceptors (Lipinski definition) is 2. The van der Waals surface area contributed by atoms with Gasteiger partial charge >= 0.3 is 0 Å². The fraction of sp³-hybridized carbons (Fsp3) is 0.562. The fourth-order valence-electron chi connectivity index (χ4n) is 2.89. The van der Waals surface area contributed by atoms with Gasteiger partial charge in [-0.2, -0.15) is 0 Å². The number of halogens is 1. The van der Waals surface area contributed by atoms with Gasteiger partial charge in [0.15, 0.2) is 0 Å². The van der Waals surface area contributed by atoms with Crippen LogP contribution >= 0.6 is 11.6 Å². The largest absolute Gasteiger partial charge is 0.508 e. The molecule has 1 fully saturated rings. The Bertz CT molecular complexity index is 481. The van der Waals surface area contributed by atoms with Gasteiger partial charge in [-0.15, -0.1) is 11.6 Å². The summed E-state index contributed by atoms with van der Waals surface area (Å²) in [4.78, 5) is 12.3. The second-order valence-electron chi connectivity index (χ2n) is 5.83. The van der Waals surface area contributed by atoms with Gasteiger partial charge in [0.2, 0.25) is 0 Å². The second kappa shape index (κ2) is 6.49. The Morgan fingerprint density at radius 1 is 1.35 bits per heavy atom. The number of amides is 1. The maximum atomic E-state index is 12.3. The van der Waals surface area contributed by atoms with Crippen LogP contribution in [0.5, 0.6) is 5.75 Å². The molecule has 3 nitrogen and oxygen atoms in total. The molecule has 0 saturated heterocycles. The first kappa shape index (κ1) is 15.2. The van der Waals surface area contributed by atoms with Gasteiger partial charge in [-0.05, 0) is 31.9 Å². The van der Waals surface area contributed by atoms with Gasteiger partial charge in [-0.1, -0.05) is 25.3 Å². The van der Waals surface area contributed by atoms with E-state index in [-0.39, 0.29) is 17.1 Å². The molecule has 4 heteroatoms. The summed E-state index contributed by atoms with van der Waals surface area (Å²) in [6, 6.07) is 5.02. The van der Waals surface area contributed by atoms with E-state index < -0.39 is 0 Å². The first-order chi connectivity index (χ1) is 9.58.